The van der Waals surface area contributed by atoms with Crippen molar-refractivity contribution in [3.63, 3.8) is 0 Å². The Kier molecular flexibility index (Phi) is 4.80. The lowest BCUT2D eigenvalue weighted by Gasteiger charge is -2.18. The standard InChI is InChI=1S/C11H12BrClO4S/c1-3-18(15,16)11(12,13)10(14)8-4-6-9(17-2)7-5-8/h4-7H,3H2,1-2H3. The van der Waals surface area contributed by atoms with E-state index in [-0.39, 0.29) is 11.3 Å². The smallest absolute Gasteiger partial charge is 0.261 e. The molecule has 0 bridgehead atoms. The van der Waals surface area contributed by atoms with Crippen molar-refractivity contribution in [3.8, 4) is 5.75 Å². The third-order valence-corrected chi connectivity index (χ3v) is 6.83. The van der Waals surface area contributed by atoms with Crippen LogP contribution in [-0.4, -0.2) is 30.2 Å². The molecule has 0 fully saturated rings. The Labute approximate surface area is 119 Å². The third kappa shape index (κ3) is 2.87. The monoisotopic (exact) mass is 354 g/mol. The molecule has 0 N–H and O–H groups in total. The predicted molar refractivity (Wildman–Crippen MR) is 74.3 cm³/mol. The zero-order chi connectivity index (χ0) is 14.0. The van der Waals surface area contributed by atoms with Gasteiger partial charge >= 0.3 is 0 Å². The van der Waals surface area contributed by atoms with Crippen molar-refractivity contribution in [3.05, 3.63) is 29.8 Å². The van der Waals surface area contributed by atoms with Crippen molar-refractivity contribution >= 4 is 43.2 Å². The van der Waals surface area contributed by atoms with Crippen LogP contribution < -0.4 is 4.74 Å². The van der Waals surface area contributed by atoms with E-state index in [9.17, 15) is 13.2 Å². The van der Waals surface area contributed by atoms with Gasteiger partial charge in [0.05, 0.1) is 12.9 Å². The molecule has 1 aromatic carbocycles. The second kappa shape index (κ2) is 5.59. The molecule has 1 atom stereocenters. The molecule has 18 heavy (non-hydrogen) atoms. The number of hydrogen-bond acceptors (Lipinski definition) is 4. The van der Waals surface area contributed by atoms with E-state index < -0.39 is 18.7 Å². The molecule has 0 aliphatic carbocycles. The summed E-state index contributed by atoms with van der Waals surface area (Å²) in [5.74, 6) is -0.378. The number of ketones is 1. The highest BCUT2D eigenvalue weighted by Crippen LogP contribution is 2.35. The number of alkyl halides is 2. The van der Waals surface area contributed by atoms with E-state index >= 15 is 0 Å². The molecule has 100 valence electrons. The summed E-state index contributed by atoms with van der Waals surface area (Å²) in [4.78, 5) is 12.1. The molecule has 0 aliphatic rings. The van der Waals surface area contributed by atoms with Crippen LogP contribution in [0.25, 0.3) is 0 Å². The van der Waals surface area contributed by atoms with Crippen LogP contribution in [0, 0.1) is 0 Å². The minimum absolute atomic E-state index is 0.194. The van der Waals surface area contributed by atoms with Crippen molar-refractivity contribution in [2.75, 3.05) is 12.9 Å². The Morgan fingerprint density at radius 2 is 1.89 bits per heavy atom. The first-order chi connectivity index (χ1) is 8.26. The first kappa shape index (κ1) is 15.5. The van der Waals surface area contributed by atoms with Crippen molar-refractivity contribution in [1.29, 1.82) is 0 Å². The van der Waals surface area contributed by atoms with Crippen LogP contribution >= 0.6 is 27.5 Å². The van der Waals surface area contributed by atoms with Gasteiger partial charge in [0.15, 0.2) is 9.84 Å². The van der Waals surface area contributed by atoms with E-state index in [0.717, 1.165) is 0 Å². The van der Waals surface area contributed by atoms with E-state index in [1.807, 2.05) is 0 Å². The zero-order valence-corrected chi connectivity index (χ0v) is 13.0. The fraction of sp³-hybridized carbons (Fsp3) is 0.364. The molecule has 7 heteroatoms. The number of benzene rings is 1. The van der Waals surface area contributed by atoms with Crippen LogP contribution in [0.1, 0.15) is 17.3 Å². The van der Waals surface area contributed by atoms with Crippen LogP contribution in [0.2, 0.25) is 0 Å². The summed E-state index contributed by atoms with van der Waals surface area (Å²) in [5, 5.41) is 0. The molecular formula is C11H12BrClO4S. The van der Waals surface area contributed by atoms with Gasteiger partial charge in [-0.1, -0.05) is 18.5 Å². The van der Waals surface area contributed by atoms with E-state index in [1.165, 1.54) is 26.2 Å². The van der Waals surface area contributed by atoms with E-state index in [4.69, 9.17) is 16.3 Å². The maximum Gasteiger partial charge on any atom is 0.261 e. The lowest BCUT2D eigenvalue weighted by Crippen LogP contribution is -2.36. The summed E-state index contributed by atoms with van der Waals surface area (Å²) in [7, 11) is -2.26. The van der Waals surface area contributed by atoms with Gasteiger partial charge < -0.3 is 4.74 Å². The normalized spacial score (nSPS) is 14.9. The largest absolute Gasteiger partial charge is 0.497 e. The maximum atomic E-state index is 12.1. The number of rotatable bonds is 5. The minimum atomic E-state index is -3.76. The average molecular weight is 356 g/mol. The maximum absolute atomic E-state index is 12.1. The molecule has 0 spiro atoms. The van der Waals surface area contributed by atoms with Crippen LogP contribution in [0.4, 0.5) is 0 Å². The van der Waals surface area contributed by atoms with E-state index in [2.05, 4.69) is 15.9 Å². The second-order valence-corrected chi connectivity index (χ2v) is 8.86. The van der Waals surface area contributed by atoms with Gasteiger partial charge in [0, 0.05) is 5.56 Å². The predicted octanol–water partition coefficient (Wildman–Crippen LogP) is 2.60. The van der Waals surface area contributed by atoms with Gasteiger partial charge in [0.1, 0.15) is 5.75 Å². The lowest BCUT2D eigenvalue weighted by molar-refractivity contribution is 0.1000. The molecule has 0 saturated carbocycles. The molecule has 0 aromatic heterocycles. The average Bonchev–Trinajstić information content (AvgIpc) is 2.37. The van der Waals surface area contributed by atoms with Crippen molar-refractivity contribution in [2.45, 2.75) is 10.0 Å². The van der Waals surface area contributed by atoms with Gasteiger partial charge in [0.25, 0.3) is 3.12 Å². The summed E-state index contributed by atoms with van der Waals surface area (Å²) >= 11 is 8.63. The SMILES string of the molecule is CCS(=O)(=O)C(Cl)(Br)C(=O)c1ccc(OC)cc1. The molecule has 1 unspecified atom stereocenters. The Balaban J connectivity index is 3.14. The molecule has 0 heterocycles. The quantitative estimate of drug-likeness (QED) is 0.602. The number of carbonyl (C=O) groups is 1. The van der Waals surface area contributed by atoms with Crippen LogP contribution in [0.5, 0.6) is 5.75 Å². The third-order valence-electron chi connectivity index (χ3n) is 2.39. The van der Waals surface area contributed by atoms with Gasteiger partial charge in [-0.05, 0) is 40.2 Å². The minimum Gasteiger partial charge on any atom is -0.497 e. The Bertz CT molecular complexity index is 537. The Morgan fingerprint density at radius 3 is 2.28 bits per heavy atom. The molecule has 0 radical (unpaired) electrons. The first-order valence-corrected chi connectivity index (χ1v) is 7.87. The Hall–Kier alpha value is -0.590. The molecule has 0 amide bonds. The second-order valence-electron chi connectivity index (χ2n) is 3.48. The number of hydrogen-bond donors (Lipinski definition) is 0. The van der Waals surface area contributed by atoms with Gasteiger partial charge in [-0.3, -0.25) is 4.79 Å². The highest BCUT2D eigenvalue weighted by molar-refractivity contribution is 9.12. The lowest BCUT2D eigenvalue weighted by atomic mass is 10.1. The van der Waals surface area contributed by atoms with Crippen LogP contribution in [0.15, 0.2) is 24.3 Å². The summed E-state index contributed by atoms with van der Waals surface area (Å²) in [5.41, 5.74) is 0.194. The van der Waals surface area contributed by atoms with E-state index in [1.54, 1.807) is 12.1 Å². The summed E-state index contributed by atoms with van der Waals surface area (Å²) < 4.78 is 26.3. The van der Waals surface area contributed by atoms with Crippen molar-refractivity contribution < 1.29 is 17.9 Å². The highest BCUT2D eigenvalue weighted by Gasteiger charge is 2.45. The Morgan fingerprint density at radius 1 is 1.39 bits per heavy atom. The summed E-state index contributed by atoms with van der Waals surface area (Å²) in [6.07, 6.45) is 0. The van der Waals surface area contributed by atoms with Crippen molar-refractivity contribution in [1.82, 2.24) is 0 Å². The molecule has 1 rings (SSSR count). The van der Waals surface area contributed by atoms with Gasteiger partial charge in [-0.2, -0.15) is 0 Å². The molecule has 1 aromatic rings. The number of Topliss-reactive ketones (excluding diaryl/α,β-unsaturated/α-hetero) is 1. The van der Waals surface area contributed by atoms with Gasteiger partial charge in [0.2, 0.25) is 5.78 Å². The van der Waals surface area contributed by atoms with Gasteiger partial charge in [-0.15, -0.1) is 0 Å². The highest BCUT2D eigenvalue weighted by atomic mass is 79.9. The number of methoxy groups -OCH3 is 1. The van der Waals surface area contributed by atoms with Crippen molar-refractivity contribution in [2.24, 2.45) is 0 Å². The van der Waals surface area contributed by atoms with Crippen LogP contribution in [0.3, 0.4) is 0 Å². The molecule has 0 aliphatic heterocycles. The molecular weight excluding hydrogens is 344 g/mol. The number of carbonyl (C=O) groups excluding carboxylic acids is 1. The fourth-order valence-corrected chi connectivity index (χ4v) is 3.35. The first-order valence-electron chi connectivity index (χ1n) is 5.05. The zero-order valence-electron chi connectivity index (χ0n) is 9.81. The molecule has 4 nitrogen and oxygen atoms in total. The summed E-state index contributed by atoms with van der Waals surface area (Å²) in [6.45, 7) is 1.43. The van der Waals surface area contributed by atoms with Crippen LogP contribution in [-0.2, 0) is 9.84 Å². The van der Waals surface area contributed by atoms with E-state index in [0.29, 0.717) is 5.75 Å². The van der Waals surface area contributed by atoms with Gasteiger partial charge in [-0.25, -0.2) is 8.42 Å². The fourth-order valence-electron chi connectivity index (χ4n) is 1.23. The topological polar surface area (TPSA) is 60.4 Å². The molecule has 0 saturated heterocycles. The summed E-state index contributed by atoms with van der Waals surface area (Å²) in [6, 6.07) is 6.05. The number of sulfone groups is 1. The number of halogens is 2. The number of ether oxygens (including phenoxy) is 1.